The van der Waals surface area contributed by atoms with Gasteiger partial charge in [0.2, 0.25) is 0 Å². The number of halogens is 1. The Hall–Kier alpha value is -1.18. The van der Waals surface area contributed by atoms with Gasteiger partial charge in [-0.1, -0.05) is 12.1 Å². The summed E-state index contributed by atoms with van der Waals surface area (Å²) in [5, 5.41) is 0. The van der Waals surface area contributed by atoms with Crippen LogP contribution in [0.4, 0.5) is 5.69 Å². The van der Waals surface area contributed by atoms with E-state index in [0.717, 1.165) is 20.7 Å². The average molecular weight is 374 g/mol. The standard InChI is InChI=1S/C13H12BrNO3S2/c1-8-6-12(19-13(8)14)20(17,18)15-11-5-3-4-10(7-11)9(2)16/h3-7,15H,1-2H3. The molecule has 0 aliphatic rings. The highest BCUT2D eigenvalue weighted by Crippen LogP contribution is 2.31. The second-order valence-electron chi connectivity index (χ2n) is 4.26. The molecule has 1 aromatic heterocycles. The third kappa shape index (κ3) is 3.28. The van der Waals surface area contributed by atoms with Crippen molar-refractivity contribution in [2.75, 3.05) is 4.72 Å². The van der Waals surface area contributed by atoms with Gasteiger partial charge in [-0.15, -0.1) is 11.3 Å². The highest BCUT2D eigenvalue weighted by atomic mass is 79.9. The van der Waals surface area contributed by atoms with E-state index in [2.05, 4.69) is 20.7 Å². The summed E-state index contributed by atoms with van der Waals surface area (Å²) in [7, 11) is -3.63. The molecule has 2 aromatic rings. The summed E-state index contributed by atoms with van der Waals surface area (Å²) in [5.41, 5.74) is 1.71. The van der Waals surface area contributed by atoms with Gasteiger partial charge in [0.15, 0.2) is 5.78 Å². The van der Waals surface area contributed by atoms with E-state index in [-0.39, 0.29) is 9.99 Å². The molecule has 20 heavy (non-hydrogen) atoms. The van der Waals surface area contributed by atoms with E-state index in [9.17, 15) is 13.2 Å². The van der Waals surface area contributed by atoms with Crippen LogP contribution in [-0.2, 0) is 10.0 Å². The van der Waals surface area contributed by atoms with Crippen LogP contribution in [0.15, 0.2) is 38.3 Å². The monoisotopic (exact) mass is 373 g/mol. The normalized spacial score (nSPS) is 11.3. The van der Waals surface area contributed by atoms with Crippen molar-refractivity contribution < 1.29 is 13.2 Å². The van der Waals surface area contributed by atoms with Crippen LogP contribution < -0.4 is 4.72 Å². The second kappa shape index (κ2) is 5.67. The lowest BCUT2D eigenvalue weighted by atomic mass is 10.1. The van der Waals surface area contributed by atoms with E-state index >= 15 is 0 Å². The second-order valence-corrected chi connectivity index (χ2v) is 8.54. The van der Waals surface area contributed by atoms with Gasteiger partial charge in [0.05, 0.1) is 3.79 Å². The number of ketones is 1. The summed E-state index contributed by atoms with van der Waals surface area (Å²) in [6.45, 7) is 3.27. The molecule has 0 aliphatic heterocycles. The van der Waals surface area contributed by atoms with Crippen molar-refractivity contribution in [1.29, 1.82) is 0 Å². The van der Waals surface area contributed by atoms with Gasteiger partial charge in [-0.05, 0) is 53.5 Å². The van der Waals surface area contributed by atoms with Gasteiger partial charge in [-0.2, -0.15) is 0 Å². The van der Waals surface area contributed by atoms with Gasteiger partial charge in [0, 0.05) is 11.3 Å². The molecule has 1 heterocycles. The van der Waals surface area contributed by atoms with E-state index in [1.807, 2.05) is 6.92 Å². The fraction of sp³-hybridized carbons (Fsp3) is 0.154. The Bertz CT molecular complexity index is 746. The first-order chi connectivity index (χ1) is 9.29. The zero-order valence-corrected chi connectivity index (χ0v) is 14.0. The number of anilines is 1. The Morgan fingerprint density at radius 2 is 2.00 bits per heavy atom. The lowest BCUT2D eigenvalue weighted by Gasteiger charge is -2.07. The van der Waals surface area contributed by atoms with Crippen LogP contribution in [-0.4, -0.2) is 14.2 Å². The number of hydrogen-bond acceptors (Lipinski definition) is 4. The zero-order valence-electron chi connectivity index (χ0n) is 10.8. The zero-order chi connectivity index (χ0) is 14.9. The molecule has 106 valence electrons. The van der Waals surface area contributed by atoms with Crippen LogP contribution in [0.5, 0.6) is 0 Å². The Morgan fingerprint density at radius 3 is 2.55 bits per heavy atom. The molecule has 0 fully saturated rings. The molecule has 7 heteroatoms. The molecule has 0 spiro atoms. The molecule has 0 unspecified atom stereocenters. The molecular weight excluding hydrogens is 362 g/mol. The summed E-state index contributed by atoms with van der Waals surface area (Å²) >= 11 is 4.46. The van der Waals surface area contributed by atoms with Gasteiger partial charge in [-0.25, -0.2) is 8.42 Å². The van der Waals surface area contributed by atoms with Crippen molar-refractivity contribution in [3.63, 3.8) is 0 Å². The minimum Gasteiger partial charge on any atom is -0.295 e. The number of nitrogens with one attached hydrogen (secondary N) is 1. The van der Waals surface area contributed by atoms with Gasteiger partial charge in [0.1, 0.15) is 4.21 Å². The van der Waals surface area contributed by atoms with Crippen LogP contribution in [0.25, 0.3) is 0 Å². The van der Waals surface area contributed by atoms with Crippen LogP contribution in [0.3, 0.4) is 0 Å². The van der Waals surface area contributed by atoms with E-state index in [1.54, 1.807) is 24.3 Å². The molecule has 0 saturated carbocycles. The van der Waals surface area contributed by atoms with Gasteiger partial charge in [-0.3, -0.25) is 9.52 Å². The lowest BCUT2D eigenvalue weighted by Crippen LogP contribution is -2.11. The number of carbonyl (C=O) groups excluding carboxylic acids is 1. The number of aryl methyl sites for hydroxylation is 1. The van der Waals surface area contributed by atoms with Crippen LogP contribution in [0.2, 0.25) is 0 Å². The maximum absolute atomic E-state index is 12.2. The molecule has 0 saturated heterocycles. The highest BCUT2D eigenvalue weighted by Gasteiger charge is 2.18. The van der Waals surface area contributed by atoms with Crippen molar-refractivity contribution >= 4 is 48.8 Å². The summed E-state index contributed by atoms with van der Waals surface area (Å²) in [6, 6.07) is 8.02. The summed E-state index contributed by atoms with van der Waals surface area (Å²) in [5.74, 6) is -0.110. The molecule has 1 aromatic carbocycles. The molecule has 4 nitrogen and oxygen atoms in total. The van der Waals surface area contributed by atoms with Crippen LogP contribution in [0.1, 0.15) is 22.8 Å². The van der Waals surface area contributed by atoms with Crippen molar-refractivity contribution in [3.8, 4) is 0 Å². The van der Waals surface area contributed by atoms with Crippen molar-refractivity contribution in [2.45, 2.75) is 18.1 Å². The highest BCUT2D eigenvalue weighted by molar-refractivity contribution is 9.11. The van der Waals surface area contributed by atoms with Gasteiger partial charge in [0.25, 0.3) is 10.0 Å². The first kappa shape index (κ1) is 15.2. The van der Waals surface area contributed by atoms with Crippen molar-refractivity contribution in [2.24, 2.45) is 0 Å². The third-order valence-corrected chi connectivity index (χ3v) is 6.61. The summed E-state index contributed by atoms with van der Waals surface area (Å²) in [4.78, 5) is 11.3. The predicted octanol–water partition coefficient (Wildman–Crippen LogP) is 3.82. The van der Waals surface area contributed by atoms with Gasteiger partial charge >= 0.3 is 0 Å². The SMILES string of the molecule is CC(=O)c1cccc(NS(=O)(=O)c2cc(C)c(Br)s2)c1. The van der Waals surface area contributed by atoms with E-state index < -0.39 is 10.0 Å². The Kier molecular flexibility index (Phi) is 4.31. The molecule has 0 aliphatic carbocycles. The number of hydrogen-bond donors (Lipinski definition) is 1. The Labute approximate surface area is 130 Å². The molecule has 0 bridgehead atoms. The topological polar surface area (TPSA) is 63.2 Å². The first-order valence-electron chi connectivity index (χ1n) is 5.69. The Balaban J connectivity index is 2.33. The Morgan fingerprint density at radius 1 is 1.30 bits per heavy atom. The minimum atomic E-state index is -3.63. The van der Waals surface area contributed by atoms with Crippen LogP contribution >= 0.6 is 27.3 Å². The maximum Gasteiger partial charge on any atom is 0.271 e. The maximum atomic E-state index is 12.2. The number of thiophene rings is 1. The predicted molar refractivity (Wildman–Crippen MR) is 84.0 cm³/mol. The number of benzene rings is 1. The van der Waals surface area contributed by atoms with Crippen LogP contribution in [0, 0.1) is 6.92 Å². The van der Waals surface area contributed by atoms with Crippen molar-refractivity contribution in [3.05, 3.63) is 45.2 Å². The molecule has 0 atom stereocenters. The fourth-order valence-corrected chi connectivity index (χ4v) is 4.85. The third-order valence-electron chi connectivity index (χ3n) is 2.62. The first-order valence-corrected chi connectivity index (χ1v) is 8.78. The average Bonchev–Trinajstić information content (AvgIpc) is 2.70. The van der Waals surface area contributed by atoms with Crippen molar-refractivity contribution in [1.82, 2.24) is 0 Å². The molecule has 0 amide bonds. The molecule has 1 N–H and O–H groups in total. The smallest absolute Gasteiger partial charge is 0.271 e. The fourth-order valence-electron chi connectivity index (χ4n) is 1.57. The molecule has 2 rings (SSSR count). The number of Topliss-reactive ketones (excluding diaryl/α,β-unsaturated/α-hetero) is 1. The summed E-state index contributed by atoms with van der Waals surface area (Å²) < 4.78 is 28.0. The van der Waals surface area contributed by atoms with Gasteiger partial charge < -0.3 is 0 Å². The number of carbonyl (C=O) groups is 1. The minimum absolute atomic E-state index is 0.110. The largest absolute Gasteiger partial charge is 0.295 e. The molecule has 0 radical (unpaired) electrons. The lowest BCUT2D eigenvalue weighted by molar-refractivity contribution is 0.101. The number of rotatable bonds is 4. The summed E-state index contributed by atoms with van der Waals surface area (Å²) in [6.07, 6.45) is 0. The molecular formula is C13H12BrNO3S2. The van der Waals surface area contributed by atoms with E-state index in [1.165, 1.54) is 13.0 Å². The number of sulfonamides is 1. The van der Waals surface area contributed by atoms with E-state index in [4.69, 9.17) is 0 Å². The van der Waals surface area contributed by atoms with E-state index in [0.29, 0.717) is 11.3 Å². The quantitative estimate of drug-likeness (QED) is 0.828.